The molecule has 0 atom stereocenters. The number of carbonyl (C=O) groups is 1. The van der Waals surface area contributed by atoms with Crippen LogP contribution in [0.3, 0.4) is 0 Å². The Hall–Kier alpha value is -2.63. The van der Waals surface area contributed by atoms with Gasteiger partial charge < -0.3 is 14.8 Å². The van der Waals surface area contributed by atoms with E-state index in [0.717, 1.165) is 5.56 Å². The van der Waals surface area contributed by atoms with Crippen molar-refractivity contribution in [3.63, 3.8) is 0 Å². The molecule has 2 rings (SSSR count). The lowest BCUT2D eigenvalue weighted by Crippen LogP contribution is -2.32. The van der Waals surface area contributed by atoms with Crippen LogP contribution in [0.1, 0.15) is 26.3 Å². The summed E-state index contributed by atoms with van der Waals surface area (Å²) in [5, 5.41) is 2.66. The molecular formula is C17H19FN2O3. The summed E-state index contributed by atoms with van der Waals surface area (Å²) in [7, 11) is 0. The summed E-state index contributed by atoms with van der Waals surface area (Å²) in [6, 6.07) is 9.10. The van der Waals surface area contributed by atoms with Crippen LogP contribution in [0.2, 0.25) is 0 Å². The van der Waals surface area contributed by atoms with Gasteiger partial charge in [-0.2, -0.15) is 0 Å². The number of pyridine rings is 1. The van der Waals surface area contributed by atoms with Crippen molar-refractivity contribution in [3.05, 3.63) is 54.0 Å². The number of carbonyl (C=O) groups excluding carboxylic acids is 1. The highest BCUT2D eigenvalue weighted by Gasteiger charge is 2.15. The smallest absolute Gasteiger partial charge is 0.407 e. The van der Waals surface area contributed by atoms with Crippen LogP contribution in [-0.4, -0.2) is 16.7 Å². The maximum Gasteiger partial charge on any atom is 0.407 e. The predicted octanol–water partition coefficient (Wildman–Crippen LogP) is 4.04. The highest BCUT2D eigenvalue weighted by molar-refractivity contribution is 5.67. The van der Waals surface area contributed by atoms with Gasteiger partial charge in [0.2, 0.25) is 5.88 Å². The Labute approximate surface area is 134 Å². The van der Waals surface area contributed by atoms with Crippen molar-refractivity contribution in [2.75, 3.05) is 0 Å². The quantitative estimate of drug-likeness (QED) is 0.924. The van der Waals surface area contributed by atoms with Crippen molar-refractivity contribution in [2.45, 2.75) is 32.9 Å². The van der Waals surface area contributed by atoms with Crippen LogP contribution < -0.4 is 10.1 Å². The van der Waals surface area contributed by atoms with Crippen molar-refractivity contribution in [3.8, 4) is 11.6 Å². The Balaban J connectivity index is 1.94. The first-order valence-corrected chi connectivity index (χ1v) is 7.17. The monoisotopic (exact) mass is 318 g/mol. The first-order valence-electron chi connectivity index (χ1n) is 7.17. The summed E-state index contributed by atoms with van der Waals surface area (Å²) >= 11 is 0. The number of hydrogen-bond donors (Lipinski definition) is 1. The van der Waals surface area contributed by atoms with Crippen LogP contribution in [0.5, 0.6) is 11.6 Å². The number of nitrogens with one attached hydrogen (secondary N) is 1. The van der Waals surface area contributed by atoms with Gasteiger partial charge in [0.25, 0.3) is 0 Å². The van der Waals surface area contributed by atoms with Crippen molar-refractivity contribution >= 4 is 6.09 Å². The fourth-order valence-electron chi connectivity index (χ4n) is 1.73. The van der Waals surface area contributed by atoms with Gasteiger partial charge in [0.05, 0.1) is 0 Å². The van der Waals surface area contributed by atoms with Crippen LogP contribution >= 0.6 is 0 Å². The molecule has 1 aromatic carbocycles. The molecule has 1 aromatic heterocycles. The summed E-state index contributed by atoms with van der Waals surface area (Å²) < 4.78 is 23.6. The van der Waals surface area contributed by atoms with Gasteiger partial charge in [0.1, 0.15) is 17.2 Å². The van der Waals surface area contributed by atoms with Crippen LogP contribution in [0.4, 0.5) is 9.18 Å². The molecule has 0 spiro atoms. The third-order valence-electron chi connectivity index (χ3n) is 2.67. The molecule has 1 heterocycles. The van der Waals surface area contributed by atoms with Gasteiger partial charge in [-0.15, -0.1) is 0 Å². The number of rotatable bonds is 4. The van der Waals surface area contributed by atoms with E-state index in [0.29, 0.717) is 11.6 Å². The lowest BCUT2D eigenvalue weighted by atomic mass is 10.2. The maximum absolute atomic E-state index is 12.9. The van der Waals surface area contributed by atoms with Gasteiger partial charge in [-0.25, -0.2) is 14.2 Å². The number of amides is 1. The second-order valence-electron chi connectivity index (χ2n) is 5.91. The van der Waals surface area contributed by atoms with Gasteiger partial charge in [-0.05, 0) is 56.7 Å². The lowest BCUT2D eigenvalue weighted by molar-refractivity contribution is 0.0523. The zero-order valence-electron chi connectivity index (χ0n) is 13.3. The zero-order chi connectivity index (χ0) is 16.9. The number of benzene rings is 1. The number of nitrogens with zero attached hydrogens (tertiary/aromatic N) is 1. The molecule has 0 fully saturated rings. The molecule has 23 heavy (non-hydrogen) atoms. The average molecular weight is 318 g/mol. The Bertz CT molecular complexity index is 666. The lowest BCUT2D eigenvalue weighted by Gasteiger charge is -2.19. The van der Waals surface area contributed by atoms with E-state index in [1.165, 1.54) is 24.3 Å². The fraction of sp³-hybridized carbons (Fsp3) is 0.294. The van der Waals surface area contributed by atoms with E-state index in [1.54, 1.807) is 39.1 Å². The SMILES string of the molecule is CC(C)(C)OC(=O)NCc1ccnc(Oc2ccc(F)cc2)c1. The molecule has 122 valence electrons. The van der Waals surface area contributed by atoms with Crippen molar-refractivity contribution in [1.29, 1.82) is 0 Å². The Morgan fingerprint density at radius 3 is 2.57 bits per heavy atom. The normalized spacial score (nSPS) is 11.0. The molecule has 0 saturated carbocycles. The minimum atomic E-state index is -0.542. The van der Waals surface area contributed by atoms with Gasteiger partial charge in [0.15, 0.2) is 0 Å². The summed E-state index contributed by atoms with van der Waals surface area (Å²) in [5.41, 5.74) is 0.266. The van der Waals surface area contributed by atoms with E-state index in [-0.39, 0.29) is 12.4 Å². The van der Waals surface area contributed by atoms with Crippen molar-refractivity contribution in [2.24, 2.45) is 0 Å². The molecule has 1 N–H and O–H groups in total. The second kappa shape index (κ2) is 7.09. The molecule has 2 aromatic rings. The predicted molar refractivity (Wildman–Crippen MR) is 83.8 cm³/mol. The van der Waals surface area contributed by atoms with Crippen molar-refractivity contribution in [1.82, 2.24) is 10.3 Å². The van der Waals surface area contributed by atoms with Crippen LogP contribution in [-0.2, 0) is 11.3 Å². The Morgan fingerprint density at radius 2 is 1.91 bits per heavy atom. The van der Waals surface area contributed by atoms with E-state index in [1.807, 2.05) is 0 Å². The van der Waals surface area contributed by atoms with Crippen molar-refractivity contribution < 1.29 is 18.7 Å². The molecule has 0 radical (unpaired) electrons. The highest BCUT2D eigenvalue weighted by atomic mass is 19.1. The maximum atomic E-state index is 12.9. The van der Waals surface area contributed by atoms with E-state index >= 15 is 0 Å². The summed E-state index contributed by atoms with van der Waals surface area (Å²) in [4.78, 5) is 15.7. The number of ether oxygens (including phenoxy) is 2. The van der Waals surface area contributed by atoms with Crippen LogP contribution in [0.15, 0.2) is 42.6 Å². The molecule has 0 saturated heterocycles. The van der Waals surface area contributed by atoms with E-state index in [9.17, 15) is 9.18 Å². The van der Waals surface area contributed by atoms with E-state index in [2.05, 4.69) is 10.3 Å². The topological polar surface area (TPSA) is 60.5 Å². The van der Waals surface area contributed by atoms with Gasteiger partial charge >= 0.3 is 6.09 Å². The zero-order valence-corrected chi connectivity index (χ0v) is 13.3. The molecular weight excluding hydrogens is 299 g/mol. The first-order chi connectivity index (χ1) is 10.8. The third kappa shape index (κ3) is 5.94. The molecule has 0 bridgehead atoms. The third-order valence-corrected chi connectivity index (χ3v) is 2.67. The Kier molecular flexibility index (Phi) is 5.16. The van der Waals surface area contributed by atoms with Gasteiger partial charge in [-0.1, -0.05) is 0 Å². The van der Waals surface area contributed by atoms with Crippen LogP contribution in [0.25, 0.3) is 0 Å². The number of alkyl carbamates (subject to hydrolysis) is 1. The highest BCUT2D eigenvalue weighted by Crippen LogP contribution is 2.20. The molecule has 0 aliphatic heterocycles. The standard InChI is InChI=1S/C17H19FN2O3/c1-17(2,3)23-16(21)20-11-12-8-9-19-15(10-12)22-14-6-4-13(18)5-7-14/h4-10H,11H2,1-3H3,(H,20,21). The molecule has 1 amide bonds. The molecule has 0 unspecified atom stereocenters. The largest absolute Gasteiger partial charge is 0.444 e. The Morgan fingerprint density at radius 1 is 1.22 bits per heavy atom. The van der Waals surface area contributed by atoms with Gasteiger partial charge in [-0.3, -0.25) is 0 Å². The number of hydrogen-bond acceptors (Lipinski definition) is 4. The molecule has 6 heteroatoms. The molecule has 0 aliphatic carbocycles. The number of halogens is 1. The minimum Gasteiger partial charge on any atom is -0.444 e. The summed E-state index contributed by atoms with van der Waals surface area (Å²) in [5.74, 6) is 0.511. The second-order valence-corrected chi connectivity index (χ2v) is 5.91. The summed E-state index contributed by atoms with van der Waals surface area (Å²) in [6.45, 7) is 5.69. The fourth-order valence-corrected chi connectivity index (χ4v) is 1.73. The average Bonchev–Trinajstić information content (AvgIpc) is 2.46. The first kappa shape index (κ1) is 16.7. The van der Waals surface area contributed by atoms with E-state index < -0.39 is 11.7 Å². The van der Waals surface area contributed by atoms with E-state index in [4.69, 9.17) is 9.47 Å². The minimum absolute atomic E-state index is 0.289. The van der Waals surface area contributed by atoms with Crippen LogP contribution in [0, 0.1) is 5.82 Å². The number of aromatic nitrogens is 1. The molecule has 5 nitrogen and oxygen atoms in total. The van der Waals surface area contributed by atoms with Gasteiger partial charge in [0, 0.05) is 18.8 Å². The summed E-state index contributed by atoms with van der Waals surface area (Å²) in [6.07, 6.45) is 1.08. The molecule has 0 aliphatic rings.